The molecule has 0 heterocycles. The van der Waals surface area contributed by atoms with Crippen LogP contribution in [0, 0.1) is 10.1 Å². The van der Waals surface area contributed by atoms with E-state index in [1.165, 1.54) is 6.07 Å². The van der Waals surface area contributed by atoms with Crippen molar-refractivity contribution in [1.29, 1.82) is 0 Å². The third-order valence-corrected chi connectivity index (χ3v) is 3.18. The van der Waals surface area contributed by atoms with Crippen molar-refractivity contribution < 1.29 is 19.2 Å². The van der Waals surface area contributed by atoms with Gasteiger partial charge in [-0.05, 0) is 35.5 Å². The average Bonchev–Trinajstić information content (AvgIpc) is 2.44. The maximum Gasteiger partial charge on any atom is 0.326 e. The highest BCUT2D eigenvalue weighted by Gasteiger charge is 2.23. The van der Waals surface area contributed by atoms with Crippen LogP contribution in [0.4, 0.5) is 5.69 Å². The van der Waals surface area contributed by atoms with Gasteiger partial charge >= 0.3 is 11.7 Å². The SMILES string of the molecule is CCNC(COc1c(Br)cccc1[N+](=O)[O-])C(=O)OCC. The van der Waals surface area contributed by atoms with Crippen molar-refractivity contribution in [2.24, 2.45) is 0 Å². The molecule has 0 aliphatic carbocycles. The lowest BCUT2D eigenvalue weighted by Gasteiger charge is -2.17. The molecule has 1 unspecified atom stereocenters. The lowest BCUT2D eigenvalue weighted by molar-refractivity contribution is -0.386. The zero-order chi connectivity index (χ0) is 15.8. The lowest BCUT2D eigenvalue weighted by Crippen LogP contribution is -2.42. The first-order chi connectivity index (χ1) is 10.0. The summed E-state index contributed by atoms with van der Waals surface area (Å²) >= 11 is 3.21. The van der Waals surface area contributed by atoms with Crippen molar-refractivity contribution in [2.75, 3.05) is 19.8 Å². The molecule has 0 aliphatic heterocycles. The summed E-state index contributed by atoms with van der Waals surface area (Å²) in [4.78, 5) is 22.2. The molecule has 0 radical (unpaired) electrons. The van der Waals surface area contributed by atoms with E-state index in [0.29, 0.717) is 11.0 Å². The number of hydrogen-bond donors (Lipinski definition) is 1. The molecule has 21 heavy (non-hydrogen) atoms. The van der Waals surface area contributed by atoms with Crippen LogP contribution in [-0.2, 0) is 9.53 Å². The standard InChI is InChI=1S/C13H17BrN2O5/c1-3-15-10(13(17)20-4-2)8-21-12-9(14)6-5-7-11(12)16(18)19/h5-7,10,15H,3-4,8H2,1-2H3. The Hall–Kier alpha value is -1.67. The molecule has 1 aromatic carbocycles. The molecule has 0 saturated carbocycles. The summed E-state index contributed by atoms with van der Waals surface area (Å²) in [6, 6.07) is 3.84. The minimum atomic E-state index is -0.679. The highest BCUT2D eigenvalue weighted by Crippen LogP contribution is 2.34. The van der Waals surface area contributed by atoms with Gasteiger partial charge in [-0.1, -0.05) is 13.0 Å². The quantitative estimate of drug-likeness (QED) is 0.434. The van der Waals surface area contributed by atoms with Crippen LogP contribution < -0.4 is 10.1 Å². The summed E-state index contributed by atoms with van der Waals surface area (Å²) in [6.45, 7) is 4.30. The number of hydrogen-bond acceptors (Lipinski definition) is 6. The average molecular weight is 361 g/mol. The van der Waals surface area contributed by atoms with Crippen LogP contribution in [0.25, 0.3) is 0 Å². The van der Waals surface area contributed by atoms with Gasteiger partial charge in [-0.3, -0.25) is 14.9 Å². The Morgan fingerprint density at radius 3 is 2.76 bits per heavy atom. The van der Waals surface area contributed by atoms with Crippen molar-refractivity contribution in [3.63, 3.8) is 0 Å². The number of nitro groups is 1. The molecular weight excluding hydrogens is 344 g/mol. The Balaban J connectivity index is 2.85. The number of nitrogens with one attached hydrogen (secondary N) is 1. The van der Waals surface area contributed by atoms with Gasteiger partial charge in [0.15, 0.2) is 0 Å². The molecule has 7 nitrogen and oxygen atoms in total. The molecular formula is C13H17BrN2O5. The fourth-order valence-electron chi connectivity index (χ4n) is 1.65. The number of carbonyl (C=O) groups excluding carboxylic acids is 1. The number of carbonyl (C=O) groups is 1. The van der Waals surface area contributed by atoms with Gasteiger partial charge in [0.25, 0.3) is 0 Å². The molecule has 116 valence electrons. The Kier molecular flexibility index (Phi) is 7.10. The maximum absolute atomic E-state index is 11.7. The molecule has 1 atom stereocenters. The summed E-state index contributed by atoms with van der Waals surface area (Å²) in [5.74, 6) is -0.358. The number of benzene rings is 1. The predicted octanol–water partition coefficient (Wildman–Crippen LogP) is 2.28. The first-order valence-electron chi connectivity index (χ1n) is 6.46. The van der Waals surface area contributed by atoms with Gasteiger partial charge in [0.2, 0.25) is 5.75 Å². The topological polar surface area (TPSA) is 90.7 Å². The first-order valence-corrected chi connectivity index (χ1v) is 7.26. The van der Waals surface area contributed by atoms with Crippen LogP contribution in [0.15, 0.2) is 22.7 Å². The van der Waals surface area contributed by atoms with E-state index in [-0.39, 0.29) is 24.7 Å². The van der Waals surface area contributed by atoms with Crippen molar-refractivity contribution in [2.45, 2.75) is 19.9 Å². The predicted molar refractivity (Wildman–Crippen MR) is 80.4 cm³/mol. The van der Waals surface area contributed by atoms with E-state index in [1.807, 2.05) is 6.92 Å². The van der Waals surface area contributed by atoms with Gasteiger partial charge in [0.1, 0.15) is 12.6 Å². The zero-order valence-electron chi connectivity index (χ0n) is 11.8. The highest BCUT2D eigenvalue weighted by atomic mass is 79.9. The molecule has 8 heteroatoms. The van der Waals surface area contributed by atoms with Crippen LogP contribution in [0.5, 0.6) is 5.75 Å². The van der Waals surface area contributed by atoms with E-state index in [1.54, 1.807) is 19.1 Å². The number of nitrogens with zero attached hydrogens (tertiary/aromatic N) is 1. The van der Waals surface area contributed by atoms with Gasteiger partial charge in [0, 0.05) is 6.07 Å². The second-order valence-corrected chi connectivity index (χ2v) is 4.87. The smallest absolute Gasteiger partial charge is 0.326 e. The monoisotopic (exact) mass is 360 g/mol. The number of para-hydroxylation sites is 1. The third kappa shape index (κ3) is 4.98. The van der Waals surface area contributed by atoms with Crippen LogP contribution in [-0.4, -0.2) is 36.7 Å². The Morgan fingerprint density at radius 2 is 2.19 bits per heavy atom. The van der Waals surface area contributed by atoms with E-state index in [0.717, 1.165) is 0 Å². The van der Waals surface area contributed by atoms with Gasteiger partial charge in [-0.2, -0.15) is 0 Å². The van der Waals surface area contributed by atoms with Crippen LogP contribution in [0.2, 0.25) is 0 Å². The van der Waals surface area contributed by atoms with Crippen molar-refractivity contribution in [1.82, 2.24) is 5.32 Å². The maximum atomic E-state index is 11.7. The van der Waals surface area contributed by atoms with Crippen LogP contribution in [0.1, 0.15) is 13.8 Å². The van der Waals surface area contributed by atoms with Crippen molar-refractivity contribution in [3.05, 3.63) is 32.8 Å². The van der Waals surface area contributed by atoms with E-state index in [2.05, 4.69) is 21.2 Å². The molecule has 1 aromatic rings. The summed E-state index contributed by atoms with van der Waals surface area (Å²) in [5, 5.41) is 13.9. The number of ether oxygens (including phenoxy) is 2. The number of halogens is 1. The van der Waals surface area contributed by atoms with E-state index >= 15 is 0 Å². The second kappa shape index (κ2) is 8.58. The molecule has 0 fully saturated rings. The van der Waals surface area contributed by atoms with E-state index in [9.17, 15) is 14.9 Å². The number of nitro benzene ring substituents is 1. The summed E-state index contributed by atoms with van der Waals surface area (Å²) in [6.07, 6.45) is 0. The molecule has 1 rings (SSSR count). The molecule has 0 amide bonds. The largest absolute Gasteiger partial charge is 0.484 e. The highest BCUT2D eigenvalue weighted by molar-refractivity contribution is 9.10. The number of likely N-dealkylation sites (N-methyl/N-ethyl adjacent to an activating group) is 1. The molecule has 0 saturated heterocycles. The minimum absolute atomic E-state index is 0.0594. The van der Waals surface area contributed by atoms with Gasteiger partial charge in [-0.15, -0.1) is 0 Å². The Bertz CT molecular complexity index is 509. The van der Waals surface area contributed by atoms with Gasteiger partial charge in [-0.25, -0.2) is 0 Å². The molecule has 1 N–H and O–H groups in total. The zero-order valence-corrected chi connectivity index (χ0v) is 13.4. The number of rotatable bonds is 8. The molecule has 0 aromatic heterocycles. The Labute approximate surface area is 130 Å². The van der Waals surface area contributed by atoms with Crippen LogP contribution in [0.3, 0.4) is 0 Å². The summed E-state index contributed by atoms with van der Waals surface area (Å²) < 4.78 is 10.8. The fraction of sp³-hybridized carbons (Fsp3) is 0.462. The summed E-state index contributed by atoms with van der Waals surface area (Å²) in [7, 11) is 0. The van der Waals surface area contributed by atoms with Crippen LogP contribution >= 0.6 is 15.9 Å². The molecule has 0 spiro atoms. The molecule has 0 aliphatic rings. The second-order valence-electron chi connectivity index (χ2n) is 4.02. The third-order valence-electron chi connectivity index (χ3n) is 2.56. The lowest BCUT2D eigenvalue weighted by atomic mass is 10.3. The fourth-order valence-corrected chi connectivity index (χ4v) is 2.12. The van der Waals surface area contributed by atoms with E-state index in [4.69, 9.17) is 9.47 Å². The first kappa shape index (κ1) is 17.4. The molecule has 0 bridgehead atoms. The Morgan fingerprint density at radius 1 is 1.48 bits per heavy atom. The number of esters is 1. The van der Waals surface area contributed by atoms with Crippen molar-refractivity contribution in [3.8, 4) is 5.75 Å². The van der Waals surface area contributed by atoms with Crippen molar-refractivity contribution >= 4 is 27.6 Å². The normalized spacial score (nSPS) is 11.8. The van der Waals surface area contributed by atoms with Gasteiger partial charge in [0.05, 0.1) is 16.0 Å². The van der Waals surface area contributed by atoms with Gasteiger partial charge < -0.3 is 14.8 Å². The minimum Gasteiger partial charge on any atom is -0.484 e. The van der Waals surface area contributed by atoms with E-state index < -0.39 is 16.9 Å². The summed E-state index contributed by atoms with van der Waals surface area (Å²) in [5.41, 5.74) is -0.163.